The van der Waals surface area contributed by atoms with Crippen LogP contribution in [0, 0.1) is 17.7 Å². The van der Waals surface area contributed by atoms with Gasteiger partial charge < -0.3 is 15.3 Å². The van der Waals surface area contributed by atoms with Crippen LogP contribution < -0.4 is 5.32 Å². The van der Waals surface area contributed by atoms with Crippen LogP contribution in [0.3, 0.4) is 0 Å². The minimum atomic E-state index is -0.475. The van der Waals surface area contributed by atoms with Gasteiger partial charge in [0.25, 0.3) is 0 Å². The van der Waals surface area contributed by atoms with Gasteiger partial charge >= 0.3 is 6.03 Å². The maximum atomic E-state index is 13.8. The van der Waals surface area contributed by atoms with Crippen molar-refractivity contribution in [3.05, 3.63) is 29.6 Å². The minimum Gasteiger partial charge on any atom is -0.395 e. The number of carbonyl (C=O) groups excluding carboxylic acids is 1. The Balaban J connectivity index is 1.99. The summed E-state index contributed by atoms with van der Waals surface area (Å²) in [5.41, 5.74) is 0.690. The van der Waals surface area contributed by atoms with Crippen LogP contribution in [0.2, 0.25) is 0 Å². The fourth-order valence-corrected chi connectivity index (χ4v) is 2.21. The van der Waals surface area contributed by atoms with Crippen molar-refractivity contribution in [2.24, 2.45) is 0 Å². The molecule has 0 atom stereocenters. The monoisotopic (exact) mass is 290 g/mol. The van der Waals surface area contributed by atoms with Crippen LogP contribution in [0.1, 0.15) is 31.2 Å². The van der Waals surface area contributed by atoms with E-state index in [0.717, 1.165) is 32.4 Å². The third-order valence-corrected chi connectivity index (χ3v) is 3.32. The van der Waals surface area contributed by atoms with Crippen molar-refractivity contribution in [3.8, 4) is 11.8 Å². The number of hydrogen-bond acceptors (Lipinski definition) is 2. The molecule has 2 amide bonds. The van der Waals surface area contributed by atoms with Crippen molar-refractivity contribution in [2.75, 3.05) is 25.0 Å². The van der Waals surface area contributed by atoms with Crippen molar-refractivity contribution >= 4 is 11.7 Å². The molecule has 0 bridgehead atoms. The summed E-state index contributed by atoms with van der Waals surface area (Å²) in [4.78, 5) is 13.8. The van der Waals surface area contributed by atoms with Crippen LogP contribution >= 0.6 is 0 Å². The highest BCUT2D eigenvalue weighted by Crippen LogP contribution is 2.16. The molecule has 0 aliphatic carbocycles. The second kappa shape index (κ2) is 7.65. The molecule has 0 radical (unpaired) electrons. The summed E-state index contributed by atoms with van der Waals surface area (Å²) in [5.74, 6) is 4.84. The Kier molecular flexibility index (Phi) is 5.59. The largest absolute Gasteiger partial charge is 0.395 e. The maximum Gasteiger partial charge on any atom is 0.321 e. The molecule has 0 spiro atoms. The van der Waals surface area contributed by atoms with Gasteiger partial charge in [-0.2, -0.15) is 0 Å². The number of piperidine rings is 1. The number of urea groups is 1. The summed E-state index contributed by atoms with van der Waals surface area (Å²) in [6.07, 6.45) is 3.49. The SMILES string of the molecule is O=C(Nc1ccc(C#CCCO)c(F)c1)N1CCCCC1. The Morgan fingerprint density at radius 2 is 2.10 bits per heavy atom. The fraction of sp³-hybridized carbons (Fsp3) is 0.438. The lowest BCUT2D eigenvalue weighted by molar-refractivity contribution is 0.200. The average molecular weight is 290 g/mol. The molecule has 2 N–H and O–H groups in total. The lowest BCUT2D eigenvalue weighted by atomic mass is 10.1. The Hall–Kier alpha value is -2.06. The van der Waals surface area contributed by atoms with E-state index in [1.807, 2.05) is 0 Å². The zero-order valence-corrected chi connectivity index (χ0v) is 11.9. The Morgan fingerprint density at radius 3 is 2.76 bits per heavy atom. The molecule has 112 valence electrons. The molecule has 1 aliphatic heterocycles. The van der Waals surface area contributed by atoms with E-state index < -0.39 is 5.82 Å². The summed E-state index contributed by atoms with van der Waals surface area (Å²) in [6.45, 7) is 1.46. The maximum absolute atomic E-state index is 13.8. The molecule has 21 heavy (non-hydrogen) atoms. The van der Waals surface area contributed by atoms with Crippen LogP contribution in [0.15, 0.2) is 18.2 Å². The highest BCUT2D eigenvalue weighted by atomic mass is 19.1. The molecule has 1 saturated heterocycles. The van der Waals surface area contributed by atoms with Gasteiger partial charge in [-0.05, 0) is 37.5 Å². The van der Waals surface area contributed by atoms with Crippen molar-refractivity contribution in [1.29, 1.82) is 0 Å². The van der Waals surface area contributed by atoms with Gasteiger partial charge in [0.1, 0.15) is 5.82 Å². The molecule has 1 fully saturated rings. The van der Waals surface area contributed by atoms with E-state index in [9.17, 15) is 9.18 Å². The third kappa shape index (κ3) is 4.47. The summed E-state index contributed by atoms with van der Waals surface area (Å²) in [5, 5.41) is 11.3. The first kappa shape index (κ1) is 15.3. The normalized spacial score (nSPS) is 14.3. The molecule has 1 aromatic carbocycles. The van der Waals surface area contributed by atoms with Crippen molar-refractivity contribution in [3.63, 3.8) is 0 Å². The Labute approximate surface area is 124 Å². The molecule has 0 unspecified atom stereocenters. The number of carbonyl (C=O) groups is 1. The van der Waals surface area contributed by atoms with Gasteiger partial charge in [-0.25, -0.2) is 9.18 Å². The first-order chi connectivity index (χ1) is 10.2. The summed E-state index contributed by atoms with van der Waals surface area (Å²) in [7, 11) is 0. The number of halogens is 1. The molecular weight excluding hydrogens is 271 g/mol. The van der Waals surface area contributed by atoms with Crippen LogP contribution in [-0.2, 0) is 0 Å². The first-order valence-electron chi connectivity index (χ1n) is 7.16. The van der Waals surface area contributed by atoms with E-state index >= 15 is 0 Å². The highest BCUT2D eigenvalue weighted by Gasteiger charge is 2.16. The van der Waals surface area contributed by atoms with Crippen molar-refractivity contribution < 1.29 is 14.3 Å². The number of benzene rings is 1. The van der Waals surface area contributed by atoms with Gasteiger partial charge in [-0.1, -0.05) is 11.8 Å². The fourth-order valence-electron chi connectivity index (χ4n) is 2.21. The van der Waals surface area contributed by atoms with Gasteiger partial charge in [0, 0.05) is 25.2 Å². The van der Waals surface area contributed by atoms with Gasteiger partial charge in [0.05, 0.1) is 12.2 Å². The van der Waals surface area contributed by atoms with Gasteiger partial charge in [-0.15, -0.1) is 0 Å². The second-order valence-electron chi connectivity index (χ2n) is 4.95. The average Bonchev–Trinajstić information content (AvgIpc) is 2.50. The van der Waals surface area contributed by atoms with E-state index in [1.54, 1.807) is 11.0 Å². The molecular formula is C16H19FN2O2. The lowest BCUT2D eigenvalue weighted by Gasteiger charge is -2.26. The number of aliphatic hydroxyl groups excluding tert-OH is 1. The molecule has 1 aliphatic rings. The van der Waals surface area contributed by atoms with Crippen molar-refractivity contribution in [1.82, 2.24) is 4.90 Å². The van der Waals surface area contributed by atoms with E-state index in [0.29, 0.717) is 12.1 Å². The lowest BCUT2D eigenvalue weighted by Crippen LogP contribution is -2.38. The van der Waals surface area contributed by atoms with E-state index in [4.69, 9.17) is 5.11 Å². The molecule has 0 saturated carbocycles. The molecule has 2 rings (SSSR count). The summed E-state index contributed by atoms with van der Waals surface area (Å²) in [6, 6.07) is 4.25. The standard InChI is InChI=1S/C16H19FN2O2/c17-15-12-14(8-7-13(15)6-2-5-11-20)18-16(21)19-9-3-1-4-10-19/h7-8,12,20H,1,3-5,9-11H2,(H,18,21). The summed E-state index contributed by atoms with van der Waals surface area (Å²) < 4.78 is 13.8. The van der Waals surface area contributed by atoms with E-state index in [-0.39, 0.29) is 18.2 Å². The number of rotatable bonds is 2. The molecule has 4 nitrogen and oxygen atoms in total. The highest BCUT2D eigenvalue weighted by molar-refractivity contribution is 5.89. The first-order valence-corrected chi connectivity index (χ1v) is 7.16. The topological polar surface area (TPSA) is 52.6 Å². The number of nitrogens with one attached hydrogen (secondary N) is 1. The van der Waals surface area contributed by atoms with E-state index in [1.165, 1.54) is 12.1 Å². The zero-order chi connectivity index (χ0) is 15.1. The number of nitrogens with zero attached hydrogens (tertiary/aromatic N) is 1. The van der Waals surface area contributed by atoms with Crippen LogP contribution in [0.25, 0.3) is 0 Å². The summed E-state index contributed by atoms with van der Waals surface area (Å²) >= 11 is 0. The van der Waals surface area contributed by atoms with Crippen LogP contribution in [0.5, 0.6) is 0 Å². The number of aliphatic hydroxyl groups is 1. The molecule has 0 aromatic heterocycles. The van der Waals surface area contributed by atoms with Gasteiger partial charge in [0.15, 0.2) is 0 Å². The van der Waals surface area contributed by atoms with Gasteiger partial charge in [0.2, 0.25) is 0 Å². The predicted molar refractivity (Wildman–Crippen MR) is 79.4 cm³/mol. The number of hydrogen-bond donors (Lipinski definition) is 2. The van der Waals surface area contributed by atoms with Crippen LogP contribution in [0.4, 0.5) is 14.9 Å². The number of anilines is 1. The van der Waals surface area contributed by atoms with E-state index in [2.05, 4.69) is 17.2 Å². The van der Waals surface area contributed by atoms with Crippen molar-refractivity contribution in [2.45, 2.75) is 25.7 Å². The predicted octanol–water partition coefficient (Wildman–Crippen LogP) is 2.58. The van der Waals surface area contributed by atoms with Gasteiger partial charge in [-0.3, -0.25) is 0 Å². The molecule has 1 aromatic rings. The Morgan fingerprint density at radius 1 is 1.33 bits per heavy atom. The minimum absolute atomic E-state index is 0.0431. The quantitative estimate of drug-likeness (QED) is 0.823. The zero-order valence-electron chi connectivity index (χ0n) is 11.9. The molecule has 5 heteroatoms. The van der Waals surface area contributed by atoms with Crippen LogP contribution in [-0.4, -0.2) is 35.7 Å². The number of likely N-dealkylation sites (tertiary alicyclic amines) is 1. The second-order valence-corrected chi connectivity index (χ2v) is 4.95. The molecule has 1 heterocycles. The Bertz CT molecular complexity index is 557. The smallest absolute Gasteiger partial charge is 0.321 e. The number of amides is 2. The third-order valence-electron chi connectivity index (χ3n) is 3.32.